The van der Waals surface area contributed by atoms with Gasteiger partial charge in [0.25, 0.3) is 5.91 Å². The lowest BCUT2D eigenvalue weighted by Crippen LogP contribution is -2.63. The fraction of sp³-hybridized carbons (Fsp3) is 0.636. The summed E-state index contributed by atoms with van der Waals surface area (Å²) in [4.78, 5) is 17.7. The zero-order valence-corrected chi connectivity index (χ0v) is 17.5. The number of piperidine rings is 2. The third-order valence-electron chi connectivity index (χ3n) is 6.85. The first-order valence-electron chi connectivity index (χ1n) is 10.8. The lowest BCUT2D eigenvalue weighted by molar-refractivity contribution is -0.0743. The average Bonchev–Trinajstić information content (AvgIpc) is 3.38. The number of furan rings is 1. The molecule has 158 valence electrons. The molecule has 0 aromatic carbocycles. The smallest absolute Gasteiger partial charge is 0.257 e. The highest BCUT2D eigenvalue weighted by molar-refractivity contribution is 5.95. The highest BCUT2D eigenvalue weighted by Gasteiger charge is 2.48. The summed E-state index contributed by atoms with van der Waals surface area (Å²) in [5.74, 6) is 0.985. The van der Waals surface area contributed by atoms with E-state index in [9.17, 15) is 9.90 Å². The molecule has 4 heterocycles. The Balaban J connectivity index is 1.55. The van der Waals surface area contributed by atoms with Crippen LogP contribution in [0.3, 0.4) is 0 Å². The van der Waals surface area contributed by atoms with Crippen molar-refractivity contribution in [3.63, 3.8) is 0 Å². The Morgan fingerprint density at radius 2 is 2.24 bits per heavy atom. The van der Waals surface area contributed by atoms with Crippen LogP contribution in [-0.2, 0) is 13.1 Å². The minimum absolute atomic E-state index is 0.0555. The second-order valence-electron chi connectivity index (χ2n) is 8.56. The van der Waals surface area contributed by atoms with Gasteiger partial charge in [0.1, 0.15) is 5.76 Å². The lowest BCUT2D eigenvalue weighted by Gasteiger charge is -2.54. The minimum atomic E-state index is -0.136. The molecule has 0 saturated carbocycles. The maximum absolute atomic E-state index is 13.3. The van der Waals surface area contributed by atoms with E-state index in [-0.39, 0.29) is 24.0 Å². The summed E-state index contributed by atoms with van der Waals surface area (Å²) in [5.41, 5.74) is 1.50. The van der Waals surface area contributed by atoms with Crippen LogP contribution in [0, 0.1) is 12.3 Å². The van der Waals surface area contributed by atoms with E-state index in [4.69, 9.17) is 4.42 Å². The van der Waals surface area contributed by atoms with Crippen molar-refractivity contribution in [1.82, 2.24) is 19.6 Å². The van der Waals surface area contributed by atoms with E-state index < -0.39 is 0 Å². The molecule has 1 amide bonds. The molecule has 2 fully saturated rings. The molecule has 0 radical (unpaired) electrons. The van der Waals surface area contributed by atoms with E-state index in [1.165, 1.54) is 0 Å². The predicted octanol–water partition coefficient (Wildman–Crippen LogP) is 2.68. The van der Waals surface area contributed by atoms with Gasteiger partial charge in [0.15, 0.2) is 0 Å². The number of likely N-dealkylation sites (tertiary alicyclic amines) is 2. The van der Waals surface area contributed by atoms with Gasteiger partial charge in [0, 0.05) is 36.8 Å². The summed E-state index contributed by atoms with van der Waals surface area (Å²) in [6.45, 7) is 8.08. The van der Waals surface area contributed by atoms with E-state index in [1.807, 2.05) is 28.6 Å². The molecule has 0 spiro atoms. The number of aliphatic hydroxyl groups excluding tert-OH is 1. The number of nitrogens with zero attached hydrogens (tertiary/aromatic N) is 4. The summed E-state index contributed by atoms with van der Waals surface area (Å²) in [6, 6.07) is 4.04. The first-order valence-corrected chi connectivity index (χ1v) is 10.8. The molecule has 0 aliphatic carbocycles. The molecule has 29 heavy (non-hydrogen) atoms. The Morgan fingerprint density at radius 3 is 2.97 bits per heavy atom. The van der Waals surface area contributed by atoms with Gasteiger partial charge in [-0.3, -0.25) is 14.4 Å². The number of aryl methyl sites for hydroxylation is 1. The molecular formula is C22H32N4O3. The topological polar surface area (TPSA) is 74.7 Å². The first-order chi connectivity index (χ1) is 14.1. The van der Waals surface area contributed by atoms with Gasteiger partial charge in [-0.15, -0.1) is 0 Å². The van der Waals surface area contributed by atoms with E-state index >= 15 is 0 Å². The Labute approximate surface area is 172 Å². The van der Waals surface area contributed by atoms with Gasteiger partial charge in [-0.1, -0.05) is 6.92 Å². The van der Waals surface area contributed by atoms with Gasteiger partial charge in [-0.05, 0) is 51.3 Å². The molecule has 7 nitrogen and oxygen atoms in total. The molecule has 2 aliphatic rings. The van der Waals surface area contributed by atoms with Crippen LogP contribution in [0.5, 0.6) is 0 Å². The van der Waals surface area contributed by atoms with Crippen molar-refractivity contribution < 1.29 is 14.3 Å². The van der Waals surface area contributed by atoms with E-state index in [0.717, 1.165) is 56.8 Å². The minimum Gasteiger partial charge on any atom is -0.468 e. The zero-order chi connectivity index (χ0) is 20.4. The molecule has 4 rings (SSSR count). The molecule has 2 saturated heterocycles. The summed E-state index contributed by atoms with van der Waals surface area (Å²) >= 11 is 0. The van der Waals surface area contributed by atoms with Crippen LogP contribution in [0.15, 0.2) is 29.0 Å². The number of amides is 1. The number of rotatable bonds is 6. The number of fused-ring (bicyclic) bond motifs is 1. The first kappa shape index (κ1) is 20.2. The number of carbonyl (C=O) groups is 1. The highest BCUT2D eigenvalue weighted by Crippen LogP contribution is 2.43. The number of carbonyl (C=O) groups excluding carboxylic acids is 1. The van der Waals surface area contributed by atoms with Crippen molar-refractivity contribution in [2.75, 3.05) is 26.2 Å². The second kappa shape index (κ2) is 8.32. The van der Waals surface area contributed by atoms with Gasteiger partial charge in [0.05, 0.1) is 31.2 Å². The fourth-order valence-corrected chi connectivity index (χ4v) is 5.11. The molecule has 7 heteroatoms. The predicted molar refractivity (Wildman–Crippen MR) is 109 cm³/mol. The molecular weight excluding hydrogens is 368 g/mol. The van der Waals surface area contributed by atoms with Gasteiger partial charge < -0.3 is 14.4 Å². The van der Waals surface area contributed by atoms with Gasteiger partial charge in [-0.2, -0.15) is 5.10 Å². The van der Waals surface area contributed by atoms with Crippen LogP contribution in [0.4, 0.5) is 0 Å². The standard InChI is InChI=1S/C22H32N4O3/c1-3-9-26-17(2)19(13-23-26)21(28)25-11-8-22(16-27)7-5-10-24(20(22)15-25)14-18-6-4-12-29-18/h4,6,12-13,20,27H,3,5,7-11,14-16H2,1-2H3/t20-,22-/m0/s1. The summed E-state index contributed by atoms with van der Waals surface area (Å²) < 4.78 is 7.49. The van der Waals surface area contributed by atoms with Crippen LogP contribution in [0.2, 0.25) is 0 Å². The monoisotopic (exact) mass is 400 g/mol. The normalized spacial score (nSPS) is 25.2. The molecule has 0 unspecified atom stereocenters. The van der Waals surface area contributed by atoms with Crippen molar-refractivity contribution in [2.45, 2.75) is 58.7 Å². The summed E-state index contributed by atoms with van der Waals surface area (Å²) in [6.07, 6.45) is 7.31. The Hall–Kier alpha value is -2.12. The maximum atomic E-state index is 13.3. The Morgan fingerprint density at radius 1 is 1.38 bits per heavy atom. The second-order valence-corrected chi connectivity index (χ2v) is 8.56. The van der Waals surface area contributed by atoms with Crippen LogP contribution < -0.4 is 0 Å². The largest absolute Gasteiger partial charge is 0.468 e. The molecule has 2 aromatic heterocycles. The number of hydrogen-bond donors (Lipinski definition) is 1. The van der Waals surface area contributed by atoms with Gasteiger partial charge in [0.2, 0.25) is 0 Å². The van der Waals surface area contributed by atoms with E-state index in [0.29, 0.717) is 18.7 Å². The average molecular weight is 401 g/mol. The Kier molecular flexibility index (Phi) is 5.79. The van der Waals surface area contributed by atoms with Crippen molar-refractivity contribution in [3.05, 3.63) is 41.6 Å². The van der Waals surface area contributed by atoms with E-state index in [2.05, 4.69) is 16.9 Å². The highest BCUT2D eigenvalue weighted by atomic mass is 16.3. The van der Waals surface area contributed by atoms with Crippen molar-refractivity contribution in [2.24, 2.45) is 5.41 Å². The maximum Gasteiger partial charge on any atom is 0.257 e. The Bertz CT molecular complexity index is 831. The molecule has 0 bridgehead atoms. The molecule has 2 aromatic rings. The van der Waals surface area contributed by atoms with Crippen LogP contribution >= 0.6 is 0 Å². The zero-order valence-electron chi connectivity index (χ0n) is 17.5. The third-order valence-corrected chi connectivity index (χ3v) is 6.85. The number of hydrogen-bond acceptors (Lipinski definition) is 5. The fourth-order valence-electron chi connectivity index (χ4n) is 5.11. The van der Waals surface area contributed by atoms with Gasteiger partial charge in [-0.25, -0.2) is 0 Å². The summed E-state index contributed by atoms with van der Waals surface area (Å²) in [5, 5.41) is 14.7. The van der Waals surface area contributed by atoms with Crippen molar-refractivity contribution in [1.29, 1.82) is 0 Å². The van der Waals surface area contributed by atoms with E-state index in [1.54, 1.807) is 12.5 Å². The van der Waals surface area contributed by atoms with Crippen LogP contribution in [-0.4, -0.2) is 62.9 Å². The van der Waals surface area contributed by atoms with Crippen LogP contribution in [0.1, 0.15) is 54.4 Å². The SMILES string of the molecule is CCCn1ncc(C(=O)N2CC[C@]3(CO)CCCN(Cc4ccco4)[C@H]3C2)c1C. The van der Waals surface area contributed by atoms with Crippen LogP contribution in [0.25, 0.3) is 0 Å². The van der Waals surface area contributed by atoms with Crippen molar-refractivity contribution >= 4 is 5.91 Å². The molecule has 2 aliphatic heterocycles. The lowest BCUT2D eigenvalue weighted by atomic mass is 9.69. The molecule has 2 atom stereocenters. The number of aromatic nitrogens is 2. The third kappa shape index (κ3) is 3.73. The van der Waals surface area contributed by atoms with Crippen molar-refractivity contribution in [3.8, 4) is 0 Å². The molecule has 1 N–H and O–H groups in total. The number of aliphatic hydroxyl groups is 1. The summed E-state index contributed by atoms with van der Waals surface area (Å²) in [7, 11) is 0. The quantitative estimate of drug-likeness (QED) is 0.807. The van der Waals surface area contributed by atoms with Gasteiger partial charge >= 0.3 is 0 Å².